The van der Waals surface area contributed by atoms with Crippen LogP contribution in [0.2, 0.25) is 5.02 Å². The predicted molar refractivity (Wildman–Crippen MR) is 65.7 cm³/mol. The number of hydrogen-bond acceptors (Lipinski definition) is 2. The smallest absolute Gasteiger partial charge is 0.0413 e. The Morgan fingerprint density at radius 3 is 2.87 bits per heavy atom. The topological polar surface area (TPSA) is 52.0 Å². The third kappa shape index (κ3) is 2.33. The van der Waals surface area contributed by atoms with Crippen LogP contribution in [0.25, 0.3) is 5.57 Å². The molecule has 1 aliphatic rings. The highest BCUT2D eigenvalue weighted by Gasteiger charge is 2.13. The molecule has 2 nitrogen and oxygen atoms in total. The van der Waals surface area contributed by atoms with E-state index in [1.807, 2.05) is 18.2 Å². The van der Waals surface area contributed by atoms with Crippen LogP contribution in [0, 0.1) is 0 Å². The monoisotopic (exact) mass is 222 g/mol. The quantitative estimate of drug-likeness (QED) is 0.718. The number of allylic oxidation sites excluding steroid dienone is 1. The van der Waals surface area contributed by atoms with Gasteiger partial charge in [0.05, 0.1) is 0 Å². The van der Waals surface area contributed by atoms with Gasteiger partial charge in [0.2, 0.25) is 0 Å². The summed E-state index contributed by atoms with van der Waals surface area (Å²) in [5, 5.41) is 0.722. The minimum absolute atomic E-state index is 0.159. The molecule has 1 aromatic carbocycles. The summed E-state index contributed by atoms with van der Waals surface area (Å²) in [4.78, 5) is 0. The highest BCUT2D eigenvalue weighted by Crippen LogP contribution is 2.31. The highest BCUT2D eigenvalue weighted by atomic mass is 35.5. The lowest BCUT2D eigenvalue weighted by Crippen LogP contribution is -2.20. The zero-order valence-electron chi connectivity index (χ0n) is 8.54. The van der Waals surface area contributed by atoms with Crippen LogP contribution in [0.5, 0.6) is 0 Å². The molecule has 0 aliphatic heterocycles. The molecule has 2 rings (SSSR count). The van der Waals surface area contributed by atoms with Crippen molar-refractivity contribution in [1.82, 2.24) is 0 Å². The molecule has 15 heavy (non-hydrogen) atoms. The largest absolute Gasteiger partial charge is 0.398 e. The van der Waals surface area contributed by atoms with E-state index in [0.717, 1.165) is 35.5 Å². The summed E-state index contributed by atoms with van der Waals surface area (Å²) >= 11 is 5.96. The van der Waals surface area contributed by atoms with Crippen LogP contribution in [0.4, 0.5) is 5.69 Å². The first-order valence-corrected chi connectivity index (χ1v) is 5.56. The molecular formula is C12H15ClN2. The average Bonchev–Trinajstić information content (AvgIpc) is 2.22. The van der Waals surface area contributed by atoms with E-state index in [1.54, 1.807) is 0 Å². The summed E-state index contributed by atoms with van der Waals surface area (Å²) in [5.74, 6) is 0. The fourth-order valence-corrected chi connectivity index (χ4v) is 2.16. The van der Waals surface area contributed by atoms with Crippen molar-refractivity contribution in [2.45, 2.75) is 25.3 Å². The van der Waals surface area contributed by atoms with Gasteiger partial charge in [-0.25, -0.2) is 0 Å². The summed E-state index contributed by atoms with van der Waals surface area (Å²) < 4.78 is 0. The van der Waals surface area contributed by atoms with Crippen molar-refractivity contribution in [3.63, 3.8) is 0 Å². The Morgan fingerprint density at radius 2 is 2.13 bits per heavy atom. The van der Waals surface area contributed by atoms with E-state index < -0.39 is 0 Å². The van der Waals surface area contributed by atoms with Gasteiger partial charge in [-0.15, -0.1) is 0 Å². The molecule has 0 aromatic heterocycles. The fourth-order valence-electron chi connectivity index (χ4n) is 1.98. The normalized spacial score (nSPS) is 21.2. The van der Waals surface area contributed by atoms with Crippen LogP contribution in [-0.2, 0) is 0 Å². The molecular weight excluding hydrogens is 208 g/mol. The zero-order valence-corrected chi connectivity index (χ0v) is 9.30. The molecule has 0 amide bonds. The van der Waals surface area contributed by atoms with Crippen molar-refractivity contribution in [1.29, 1.82) is 0 Å². The van der Waals surface area contributed by atoms with Gasteiger partial charge in [0.1, 0.15) is 0 Å². The van der Waals surface area contributed by atoms with Gasteiger partial charge in [0.15, 0.2) is 0 Å². The Hall–Kier alpha value is -0.990. The van der Waals surface area contributed by atoms with Crippen LogP contribution < -0.4 is 11.5 Å². The molecule has 0 heterocycles. The molecule has 80 valence electrons. The van der Waals surface area contributed by atoms with Gasteiger partial charge < -0.3 is 11.5 Å². The molecule has 0 saturated carbocycles. The van der Waals surface area contributed by atoms with E-state index >= 15 is 0 Å². The number of hydrogen-bond donors (Lipinski definition) is 2. The van der Waals surface area contributed by atoms with Crippen LogP contribution in [0.1, 0.15) is 24.8 Å². The van der Waals surface area contributed by atoms with Crippen molar-refractivity contribution in [3.8, 4) is 0 Å². The third-order valence-electron chi connectivity index (χ3n) is 2.76. The molecule has 0 spiro atoms. The molecule has 0 saturated heterocycles. The van der Waals surface area contributed by atoms with E-state index in [9.17, 15) is 0 Å². The molecule has 0 fully saturated rings. The van der Waals surface area contributed by atoms with Crippen molar-refractivity contribution in [2.24, 2.45) is 5.73 Å². The minimum atomic E-state index is 0.159. The first-order valence-electron chi connectivity index (χ1n) is 5.18. The number of nitrogens with two attached hydrogens (primary N) is 2. The second kappa shape index (κ2) is 4.25. The molecule has 4 N–H and O–H groups in total. The van der Waals surface area contributed by atoms with E-state index in [0.29, 0.717) is 0 Å². The molecule has 0 bridgehead atoms. The standard InChI is InChI=1S/C12H15ClN2/c13-9-4-5-12(15)11(7-9)8-2-1-3-10(14)6-8/h4-7,10H,1-3,14-15H2. The van der Waals surface area contributed by atoms with Crippen LogP contribution in [-0.4, -0.2) is 6.04 Å². The minimum Gasteiger partial charge on any atom is -0.398 e. The van der Waals surface area contributed by atoms with Crippen molar-refractivity contribution in [2.75, 3.05) is 5.73 Å². The fraction of sp³-hybridized carbons (Fsp3) is 0.333. The number of halogens is 1. The first-order chi connectivity index (χ1) is 7.16. The number of rotatable bonds is 1. The molecule has 0 radical (unpaired) electrons. The SMILES string of the molecule is Nc1ccc(Cl)cc1C1=CC(N)CCC1. The number of benzene rings is 1. The molecule has 1 unspecified atom stereocenters. The van der Waals surface area contributed by atoms with Crippen molar-refractivity contribution >= 4 is 22.9 Å². The van der Waals surface area contributed by atoms with Gasteiger partial charge in [-0.1, -0.05) is 17.7 Å². The highest BCUT2D eigenvalue weighted by molar-refractivity contribution is 6.30. The summed E-state index contributed by atoms with van der Waals surface area (Å²) in [6.45, 7) is 0. The van der Waals surface area contributed by atoms with Crippen molar-refractivity contribution in [3.05, 3.63) is 34.9 Å². The zero-order chi connectivity index (χ0) is 10.8. The Kier molecular flexibility index (Phi) is 2.98. The first kappa shape index (κ1) is 10.5. The van der Waals surface area contributed by atoms with Crippen LogP contribution in [0.15, 0.2) is 24.3 Å². The summed E-state index contributed by atoms with van der Waals surface area (Å²) in [5.41, 5.74) is 14.9. The number of anilines is 1. The average molecular weight is 223 g/mol. The lowest BCUT2D eigenvalue weighted by Gasteiger charge is -2.19. The van der Waals surface area contributed by atoms with E-state index in [4.69, 9.17) is 23.1 Å². The van der Waals surface area contributed by atoms with Gasteiger partial charge in [-0.3, -0.25) is 0 Å². The van der Waals surface area contributed by atoms with Gasteiger partial charge >= 0.3 is 0 Å². The Bertz CT molecular complexity index is 399. The maximum atomic E-state index is 5.96. The maximum absolute atomic E-state index is 5.96. The second-order valence-electron chi connectivity index (χ2n) is 3.98. The lowest BCUT2D eigenvalue weighted by atomic mass is 9.90. The molecule has 3 heteroatoms. The summed E-state index contributed by atoms with van der Waals surface area (Å²) in [7, 11) is 0. The molecule has 1 atom stereocenters. The predicted octanol–water partition coefficient (Wildman–Crippen LogP) is 2.82. The summed E-state index contributed by atoms with van der Waals surface area (Å²) in [6.07, 6.45) is 5.33. The van der Waals surface area contributed by atoms with E-state index in [2.05, 4.69) is 6.08 Å². The Balaban J connectivity index is 2.40. The Morgan fingerprint density at radius 1 is 1.33 bits per heavy atom. The van der Waals surface area contributed by atoms with Gasteiger partial charge in [-0.05, 0) is 43.0 Å². The second-order valence-corrected chi connectivity index (χ2v) is 4.42. The lowest BCUT2D eigenvalue weighted by molar-refractivity contribution is 0.654. The maximum Gasteiger partial charge on any atom is 0.0413 e. The third-order valence-corrected chi connectivity index (χ3v) is 3.00. The Labute approximate surface area is 94.9 Å². The molecule has 1 aliphatic carbocycles. The van der Waals surface area contributed by atoms with Crippen LogP contribution in [0.3, 0.4) is 0 Å². The van der Waals surface area contributed by atoms with E-state index in [-0.39, 0.29) is 6.04 Å². The van der Waals surface area contributed by atoms with Crippen LogP contribution >= 0.6 is 11.6 Å². The van der Waals surface area contributed by atoms with Crippen molar-refractivity contribution < 1.29 is 0 Å². The number of nitrogen functional groups attached to an aromatic ring is 1. The van der Waals surface area contributed by atoms with Gasteiger partial charge in [-0.2, -0.15) is 0 Å². The summed E-state index contributed by atoms with van der Waals surface area (Å²) in [6, 6.07) is 5.73. The van der Waals surface area contributed by atoms with E-state index in [1.165, 1.54) is 5.57 Å². The molecule has 1 aromatic rings. The van der Waals surface area contributed by atoms with Gasteiger partial charge in [0, 0.05) is 22.3 Å². The van der Waals surface area contributed by atoms with Gasteiger partial charge in [0.25, 0.3) is 0 Å².